The molecule has 2 unspecified atom stereocenters. The quantitative estimate of drug-likeness (QED) is 0.787. The third kappa shape index (κ3) is 3.12. The van der Waals surface area contributed by atoms with Gasteiger partial charge in [-0.3, -0.25) is 0 Å². The molecule has 0 spiro atoms. The Labute approximate surface area is 102 Å². The summed E-state index contributed by atoms with van der Waals surface area (Å²) in [5.41, 5.74) is 7.06. The Hall–Kier alpha value is -1.71. The predicted octanol–water partition coefficient (Wildman–Crippen LogP) is 2.39. The number of hydrogen-bond acceptors (Lipinski definition) is 2. The Bertz CT molecular complexity index is 402. The van der Waals surface area contributed by atoms with Crippen LogP contribution >= 0.6 is 0 Å². The van der Waals surface area contributed by atoms with Crippen molar-refractivity contribution in [2.24, 2.45) is 11.8 Å². The molecule has 3 N–H and O–H groups in total. The molecule has 4 heteroatoms. The molecule has 0 bridgehead atoms. The second-order valence-electron chi connectivity index (χ2n) is 4.91. The zero-order valence-corrected chi connectivity index (χ0v) is 10.3. The van der Waals surface area contributed by atoms with E-state index in [-0.39, 0.29) is 6.03 Å². The predicted molar refractivity (Wildman–Crippen MR) is 69.8 cm³/mol. The lowest BCUT2D eigenvalue weighted by Crippen LogP contribution is -2.33. The molecule has 2 atom stereocenters. The summed E-state index contributed by atoms with van der Waals surface area (Å²) in [6.45, 7) is 3.05. The van der Waals surface area contributed by atoms with Gasteiger partial charge in [-0.1, -0.05) is 6.92 Å². The number of benzene rings is 1. The number of carbonyl (C=O) groups is 1. The van der Waals surface area contributed by atoms with Crippen molar-refractivity contribution in [2.45, 2.75) is 13.3 Å². The van der Waals surface area contributed by atoms with E-state index in [9.17, 15) is 4.79 Å². The molecule has 92 valence electrons. The van der Waals surface area contributed by atoms with Crippen LogP contribution in [0.3, 0.4) is 0 Å². The average Bonchev–Trinajstić information content (AvgIpc) is 2.97. The second kappa shape index (κ2) is 4.65. The smallest absolute Gasteiger partial charge is 0.321 e. The van der Waals surface area contributed by atoms with Crippen LogP contribution in [0.5, 0.6) is 0 Å². The second-order valence-corrected chi connectivity index (χ2v) is 4.91. The first-order chi connectivity index (χ1) is 8.06. The van der Waals surface area contributed by atoms with Crippen LogP contribution in [-0.2, 0) is 0 Å². The van der Waals surface area contributed by atoms with Crippen molar-refractivity contribution in [2.75, 3.05) is 24.6 Å². The molecule has 0 saturated heterocycles. The summed E-state index contributed by atoms with van der Waals surface area (Å²) in [7, 11) is 1.83. The minimum absolute atomic E-state index is 0.0612. The van der Waals surface area contributed by atoms with Crippen molar-refractivity contribution in [1.82, 2.24) is 4.90 Å². The lowest BCUT2D eigenvalue weighted by molar-refractivity contribution is 0.220. The molecule has 2 amide bonds. The van der Waals surface area contributed by atoms with E-state index in [0.29, 0.717) is 11.6 Å². The van der Waals surface area contributed by atoms with Crippen LogP contribution in [0, 0.1) is 11.8 Å². The number of nitrogens with two attached hydrogens (primary N) is 1. The van der Waals surface area contributed by atoms with Gasteiger partial charge in [0.25, 0.3) is 0 Å². The molecule has 17 heavy (non-hydrogen) atoms. The molecule has 4 nitrogen and oxygen atoms in total. The lowest BCUT2D eigenvalue weighted by atomic mass is 10.3. The highest BCUT2D eigenvalue weighted by molar-refractivity contribution is 5.89. The van der Waals surface area contributed by atoms with Crippen LogP contribution in [0.1, 0.15) is 13.3 Å². The van der Waals surface area contributed by atoms with Crippen LogP contribution in [-0.4, -0.2) is 24.5 Å². The third-order valence-corrected chi connectivity index (χ3v) is 3.29. The summed E-state index contributed by atoms with van der Waals surface area (Å²) in [5.74, 6) is 1.44. The summed E-state index contributed by atoms with van der Waals surface area (Å²) in [4.78, 5) is 13.6. The monoisotopic (exact) mass is 233 g/mol. The number of rotatable bonds is 3. The zero-order valence-electron chi connectivity index (χ0n) is 10.3. The molecular formula is C13H19N3O. The van der Waals surface area contributed by atoms with E-state index >= 15 is 0 Å². The fraction of sp³-hybridized carbons (Fsp3) is 0.462. The molecule has 0 aromatic heterocycles. The number of nitrogen functional groups attached to an aromatic ring is 1. The fourth-order valence-corrected chi connectivity index (χ4v) is 1.87. The summed E-state index contributed by atoms with van der Waals surface area (Å²) in [6, 6.07) is 7.10. The molecule has 1 saturated carbocycles. The number of amides is 2. The fourth-order valence-electron chi connectivity index (χ4n) is 1.87. The van der Waals surface area contributed by atoms with Crippen molar-refractivity contribution in [3.63, 3.8) is 0 Å². The van der Waals surface area contributed by atoms with Crippen LogP contribution < -0.4 is 11.1 Å². The first kappa shape index (κ1) is 11.8. The van der Waals surface area contributed by atoms with Gasteiger partial charge in [0.1, 0.15) is 0 Å². The highest BCUT2D eigenvalue weighted by Crippen LogP contribution is 2.37. The van der Waals surface area contributed by atoms with Crippen LogP contribution in [0.2, 0.25) is 0 Å². The van der Waals surface area contributed by atoms with Crippen molar-refractivity contribution in [3.8, 4) is 0 Å². The zero-order chi connectivity index (χ0) is 12.4. The maximum Gasteiger partial charge on any atom is 0.321 e. The molecule has 1 aliphatic rings. The number of hydrogen-bond donors (Lipinski definition) is 2. The summed E-state index contributed by atoms with van der Waals surface area (Å²) in [5, 5.41) is 2.85. The Kier molecular flexibility index (Phi) is 3.22. The van der Waals surface area contributed by atoms with E-state index in [1.165, 1.54) is 6.42 Å². The van der Waals surface area contributed by atoms with Gasteiger partial charge in [-0.15, -0.1) is 0 Å². The Morgan fingerprint density at radius 2 is 2.06 bits per heavy atom. The molecule has 0 aliphatic heterocycles. The first-order valence-corrected chi connectivity index (χ1v) is 5.94. The van der Waals surface area contributed by atoms with Gasteiger partial charge < -0.3 is 16.0 Å². The summed E-state index contributed by atoms with van der Waals surface area (Å²) < 4.78 is 0. The van der Waals surface area contributed by atoms with Gasteiger partial charge in [-0.2, -0.15) is 0 Å². The first-order valence-electron chi connectivity index (χ1n) is 5.94. The maximum absolute atomic E-state index is 11.9. The Morgan fingerprint density at radius 1 is 1.47 bits per heavy atom. The minimum Gasteiger partial charge on any atom is -0.399 e. The van der Waals surface area contributed by atoms with Gasteiger partial charge in [0.2, 0.25) is 0 Å². The van der Waals surface area contributed by atoms with Gasteiger partial charge in [0.15, 0.2) is 0 Å². The number of urea groups is 1. The molecule has 1 aromatic rings. The molecule has 2 rings (SSSR count). The van der Waals surface area contributed by atoms with E-state index in [4.69, 9.17) is 5.73 Å². The SMILES string of the molecule is CC1CC1CN(C)C(=O)Nc1ccc(N)cc1. The Balaban J connectivity index is 1.85. The van der Waals surface area contributed by atoms with Gasteiger partial charge in [-0.05, 0) is 42.5 Å². The molecule has 1 fully saturated rings. The van der Waals surface area contributed by atoms with Gasteiger partial charge in [0, 0.05) is 25.0 Å². The highest BCUT2D eigenvalue weighted by Gasteiger charge is 2.34. The van der Waals surface area contributed by atoms with Crippen molar-refractivity contribution >= 4 is 17.4 Å². The van der Waals surface area contributed by atoms with Crippen LogP contribution in [0.4, 0.5) is 16.2 Å². The third-order valence-electron chi connectivity index (χ3n) is 3.29. The normalized spacial score (nSPS) is 22.0. The standard InChI is InChI=1S/C13H19N3O/c1-9-7-10(9)8-16(2)13(17)15-12-5-3-11(14)4-6-12/h3-6,9-10H,7-8,14H2,1-2H3,(H,15,17). The number of nitrogens with zero attached hydrogens (tertiary/aromatic N) is 1. The number of carbonyl (C=O) groups excluding carboxylic acids is 1. The minimum atomic E-state index is -0.0612. The van der Waals surface area contributed by atoms with Crippen LogP contribution in [0.15, 0.2) is 24.3 Å². The van der Waals surface area contributed by atoms with Crippen molar-refractivity contribution in [3.05, 3.63) is 24.3 Å². The number of anilines is 2. The van der Waals surface area contributed by atoms with Crippen LogP contribution in [0.25, 0.3) is 0 Å². The molecule has 0 heterocycles. The molecule has 1 aromatic carbocycles. The maximum atomic E-state index is 11.9. The van der Waals surface area contributed by atoms with Crippen molar-refractivity contribution < 1.29 is 4.79 Å². The Morgan fingerprint density at radius 3 is 2.59 bits per heavy atom. The van der Waals surface area contributed by atoms with E-state index in [2.05, 4.69) is 12.2 Å². The molecule has 1 aliphatic carbocycles. The summed E-state index contributed by atoms with van der Waals surface area (Å²) >= 11 is 0. The molecule has 0 radical (unpaired) electrons. The van der Waals surface area contributed by atoms with E-state index < -0.39 is 0 Å². The molecular weight excluding hydrogens is 214 g/mol. The lowest BCUT2D eigenvalue weighted by Gasteiger charge is -2.17. The number of nitrogens with one attached hydrogen (secondary N) is 1. The van der Waals surface area contributed by atoms with E-state index in [1.54, 1.807) is 29.2 Å². The van der Waals surface area contributed by atoms with Gasteiger partial charge >= 0.3 is 6.03 Å². The van der Waals surface area contributed by atoms with E-state index in [1.807, 2.05) is 7.05 Å². The van der Waals surface area contributed by atoms with E-state index in [0.717, 1.165) is 18.2 Å². The highest BCUT2D eigenvalue weighted by atomic mass is 16.2. The average molecular weight is 233 g/mol. The summed E-state index contributed by atoms with van der Waals surface area (Å²) in [6.07, 6.45) is 1.24. The largest absolute Gasteiger partial charge is 0.399 e. The van der Waals surface area contributed by atoms with Gasteiger partial charge in [-0.25, -0.2) is 4.79 Å². The topological polar surface area (TPSA) is 58.4 Å². The van der Waals surface area contributed by atoms with Gasteiger partial charge in [0.05, 0.1) is 0 Å². The van der Waals surface area contributed by atoms with Crippen molar-refractivity contribution in [1.29, 1.82) is 0 Å².